The molecular weight excluding hydrogens is 194 g/mol. The third-order valence-electron chi connectivity index (χ3n) is 2.68. The summed E-state index contributed by atoms with van der Waals surface area (Å²) in [5.74, 6) is 0.475. The molecule has 2 heterocycles. The molecule has 0 N–H and O–H groups in total. The zero-order chi connectivity index (χ0) is 10.7. The smallest absolute Gasteiger partial charge is 0.329 e. The lowest BCUT2D eigenvalue weighted by Crippen LogP contribution is -2.32. The molecule has 0 radical (unpaired) electrons. The summed E-state index contributed by atoms with van der Waals surface area (Å²) in [5.41, 5.74) is 0. The van der Waals surface area contributed by atoms with Crippen molar-refractivity contribution in [1.82, 2.24) is 14.5 Å². The number of nitrogens with zero attached hydrogens (tertiary/aromatic N) is 3. The van der Waals surface area contributed by atoms with E-state index in [0.29, 0.717) is 5.92 Å². The van der Waals surface area contributed by atoms with Crippen LogP contribution in [0.1, 0.15) is 6.42 Å². The van der Waals surface area contributed by atoms with Crippen LogP contribution in [0.5, 0.6) is 0 Å². The van der Waals surface area contributed by atoms with Crippen LogP contribution >= 0.6 is 0 Å². The van der Waals surface area contributed by atoms with Crippen LogP contribution in [0.15, 0.2) is 18.7 Å². The lowest BCUT2D eigenvalue weighted by Gasteiger charge is -2.16. The molecule has 1 saturated heterocycles. The standard InChI is InChI=1S/C10H15N3O2/c1-15-7-9-2-4-12(6-9)10(14)13-5-3-11-8-13/h3,5,8-9H,2,4,6-7H2,1H3. The van der Waals surface area contributed by atoms with Gasteiger partial charge in [-0.15, -0.1) is 0 Å². The van der Waals surface area contributed by atoms with E-state index in [-0.39, 0.29) is 6.03 Å². The Balaban J connectivity index is 1.93. The van der Waals surface area contributed by atoms with E-state index >= 15 is 0 Å². The number of imidazole rings is 1. The number of likely N-dealkylation sites (tertiary alicyclic amines) is 1. The third-order valence-corrected chi connectivity index (χ3v) is 2.68. The van der Waals surface area contributed by atoms with Crippen molar-refractivity contribution in [3.8, 4) is 0 Å². The van der Waals surface area contributed by atoms with Crippen LogP contribution in [-0.2, 0) is 4.74 Å². The lowest BCUT2D eigenvalue weighted by atomic mass is 10.1. The second-order valence-electron chi connectivity index (χ2n) is 3.81. The van der Waals surface area contributed by atoms with Gasteiger partial charge in [-0.1, -0.05) is 0 Å². The van der Waals surface area contributed by atoms with Gasteiger partial charge in [0.1, 0.15) is 6.33 Å². The van der Waals surface area contributed by atoms with Gasteiger partial charge in [0.15, 0.2) is 0 Å². The number of carbonyl (C=O) groups is 1. The molecule has 1 amide bonds. The van der Waals surface area contributed by atoms with E-state index in [1.54, 1.807) is 19.5 Å². The van der Waals surface area contributed by atoms with Gasteiger partial charge in [-0.05, 0) is 6.42 Å². The molecule has 0 aromatic carbocycles. The van der Waals surface area contributed by atoms with Gasteiger partial charge in [-0.2, -0.15) is 0 Å². The fourth-order valence-electron chi connectivity index (χ4n) is 1.91. The number of amides is 1. The Morgan fingerprint density at radius 1 is 1.67 bits per heavy atom. The molecule has 0 bridgehead atoms. The van der Waals surface area contributed by atoms with E-state index in [1.807, 2.05) is 4.90 Å². The largest absolute Gasteiger partial charge is 0.384 e. The molecule has 82 valence electrons. The van der Waals surface area contributed by atoms with E-state index in [9.17, 15) is 4.79 Å². The molecule has 2 rings (SSSR count). The number of rotatable bonds is 2. The van der Waals surface area contributed by atoms with E-state index in [4.69, 9.17) is 4.74 Å². The minimum atomic E-state index is 0.00565. The molecule has 1 aliphatic rings. The predicted molar refractivity (Wildman–Crippen MR) is 54.6 cm³/mol. The highest BCUT2D eigenvalue weighted by atomic mass is 16.5. The van der Waals surface area contributed by atoms with Crippen molar-refractivity contribution in [2.45, 2.75) is 6.42 Å². The van der Waals surface area contributed by atoms with E-state index in [0.717, 1.165) is 26.1 Å². The highest BCUT2D eigenvalue weighted by molar-refractivity contribution is 5.76. The zero-order valence-electron chi connectivity index (χ0n) is 8.80. The van der Waals surface area contributed by atoms with Crippen LogP contribution in [0, 0.1) is 5.92 Å². The molecule has 5 nitrogen and oxygen atoms in total. The molecule has 1 fully saturated rings. The normalized spacial score (nSPS) is 20.9. The molecule has 1 aromatic heterocycles. The van der Waals surface area contributed by atoms with Gasteiger partial charge in [0.2, 0.25) is 0 Å². The summed E-state index contributed by atoms with van der Waals surface area (Å²) in [6, 6.07) is 0.00565. The molecule has 1 aromatic rings. The molecule has 1 atom stereocenters. The summed E-state index contributed by atoms with van der Waals surface area (Å²) < 4.78 is 6.60. The van der Waals surface area contributed by atoms with Crippen LogP contribution < -0.4 is 0 Å². The van der Waals surface area contributed by atoms with Crippen molar-refractivity contribution in [2.24, 2.45) is 5.92 Å². The van der Waals surface area contributed by atoms with Crippen LogP contribution in [-0.4, -0.2) is 47.3 Å². The Labute approximate surface area is 88.7 Å². The summed E-state index contributed by atoms with van der Waals surface area (Å²) >= 11 is 0. The van der Waals surface area contributed by atoms with Gasteiger partial charge >= 0.3 is 6.03 Å². The van der Waals surface area contributed by atoms with Gasteiger partial charge in [0.25, 0.3) is 0 Å². The number of ether oxygens (including phenoxy) is 1. The second kappa shape index (κ2) is 4.44. The van der Waals surface area contributed by atoms with E-state index in [2.05, 4.69) is 4.98 Å². The fraction of sp³-hybridized carbons (Fsp3) is 0.600. The van der Waals surface area contributed by atoms with Gasteiger partial charge in [-0.3, -0.25) is 4.57 Å². The number of carbonyl (C=O) groups excluding carboxylic acids is 1. The van der Waals surface area contributed by atoms with Crippen molar-refractivity contribution in [3.05, 3.63) is 18.7 Å². The van der Waals surface area contributed by atoms with E-state index < -0.39 is 0 Å². The van der Waals surface area contributed by atoms with Gasteiger partial charge in [0, 0.05) is 38.5 Å². The number of aromatic nitrogens is 2. The van der Waals surface area contributed by atoms with Crippen LogP contribution in [0.2, 0.25) is 0 Å². The maximum atomic E-state index is 11.9. The summed E-state index contributed by atoms with van der Waals surface area (Å²) in [6.07, 6.45) is 5.84. The monoisotopic (exact) mass is 209 g/mol. The maximum absolute atomic E-state index is 11.9. The SMILES string of the molecule is COCC1CCN(C(=O)n2ccnc2)C1. The van der Waals surface area contributed by atoms with Crippen molar-refractivity contribution in [2.75, 3.05) is 26.8 Å². The average Bonchev–Trinajstić information content (AvgIpc) is 2.87. The molecule has 0 aliphatic carbocycles. The second-order valence-corrected chi connectivity index (χ2v) is 3.81. The third kappa shape index (κ3) is 2.18. The Morgan fingerprint density at radius 3 is 3.20 bits per heavy atom. The first-order valence-corrected chi connectivity index (χ1v) is 5.07. The number of methoxy groups -OCH3 is 1. The van der Waals surface area contributed by atoms with Crippen LogP contribution in [0.4, 0.5) is 4.79 Å². The Kier molecular flexibility index (Phi) is 3.01. The molecular formula is C10H15N3O2. The van der Waals surface area contributed by atoms with Crippen molar-refractivity contribution in [1.29, 1.82) is 0 Å². The Bertz CT molecular complexity index is 323. The molecule has 5 heteroatoms. The zero-order valence-corrected chi connectivity index (χ0v) is 8.80. The predicted octanol–water partition coefficient (Wildman–Crippen LogP) is 0.820. The minimum Gasteiger partial charge on any atom is -0.384 e. The van der Waals surface area contributed by atoms with Crippen molar-refractivity contribution < 1.29 is 9.53 Å². The Morgan fingerprint density at radius 2 is 2.53 bits per heavy atom. The lowest BCUT2D eigenvalue weighted by molar-refractivity contribution is 0.153. The Hall–Kier alpha value is -1.36. The van der Waals surface area contributed by atoms with Crippen molar-refractivity contribution >= 4 is 6.03 Å². The molecule has 15 heavy (non-hydrogen) atoms. The van der Waals surface area contributed by atoms with Crippen molar-refractivity contribution in [3.63, 3.8) is 0 Å². The van der Waals surface area contributed by atoms with Gasteiger partial charge < -0.3 is 9.64 Å². The number of hydrogen-bond acceptors (Lipinski definition) is 3. The maximum Gasteiger partial charge on any atom is 0.329 e. The quantitative estimate of drug-likeness (QED) is 0.724. The van der Waals surface area contributed by atoms with Crippen LogP contribution in [0.25, 0.3) is 0 Å². The highest BCUT2D eigenvalue weighted by Crippen LogP contribution is 2.17. The first-order valence-electron chi connectivity index (χ1n) is 5.07. The fourth-order valence-corrected chi connectivity index (χ4v) is 1.91. The average molecular weight is 209 g/mol. The molecule has 1 unspecified atom stereocenters. The highest BCUT2D eigenvalue weighted by Gasteiger charge is 2.26. The first kappa shape index (κ1) is 10.2. The van der Waals surface area contributed by atoms with E-state index in [1.165, 1.54) is 10.9 Å². The van der Waals surface area contributed by atoms with Gasteiger partial charge in [-0.25, -0.2) is 9.78 Å². The topological polar surface area (TPSA) is 47.4 Å². The summed E-state index contributed by atoms with van der Waals surface area (Å²) in [4.78, 5) is 17.6. The number of hydrogen-bond donors (Lipinski definition) is 0. The molecule has 1 aliphatic heterocycles. The molecule has 0 saturated carbocycles. The summed E-state index contributed by atoms with van der Waals surface area (Å²) in [5, 5.41) is 0. The molecule has 0 spiro atoms. The summed E-state index contributed by atoms with van der Waals surface area (Å²) in [7, 11) is 1.69. The summed E-state index contributed by atoms with van der Waals surface area (Å²) in [6.45, 7) is 2.32. The van der Waals surface area contributed by atoms with Crippen LogP contribution in [0.3, 0.4) is 0 Å². The minimum absolute atomic E-state index is 0.00565. The van der Waals surface area contributed by atoms with Gasteiger partial charge in [0.05, 0.1) is 6.61 Å². The first-order chi connectivity index (χ1) is 7.31.